The van der Waals surface area contributed by atoms with Gasteiger partial charge in [-0.05, 0) is 79.4 Å². The van der Waals surface area contributed by atoms with E-state index in [4.69, 9.17) is 0 Å². The van der Waals surface area contributed by atoms with Gasteiger partial charge in [0.1, 0.15) is 5.75 Å². The molecule has 4 rings (SSSR count). The largest absolute Gasteiger partial charge is 0.573 e. The second-order valence-electron chi connectivity index (χ2n) is 10.6. The molecule has 2 aromatic rings. The number of benzene rings is 2. The minimum Gasteiger partial charge on any atom is -0.405 e. The van der Waals surface area contributed by atoms with Crippen molar-refractivity contribution in [2.75, 3.05) is 0 Å². The quantitative estimate of drug-likeness (QED) is 0.347. The van der Waals surface area contributed by atoms with Crippen molar-refractivity contribution in [1.29, 1.82) is 0 Å². The van der Waals surface area contributed by atoms with E-state index in [1.807, 2.05) is 36.4 Å². The molecular weight excluding hydrogens is 433 g/mol. The number of hydrogen-bond donors (Lipinski definition) is 0. The summed E-state index contributed by atoms with van der Waals surface area (Å²) in [5, 5.41) is 0. The molecule has 2 saturated carbocycles. The molecule has 0 amide bonds. The van der Waals surface area contributed by atoms with Crippen LogP contribution in [0.5, 0.6) is 5.75 Å². The molecule has 0 aromatic heterocycles. The summed E-state index contributed by atoms with van der Waals surface area (Å²) in [5.74, 6) is 2.83. The minimum absolute atomic E-state index is 0.0836. The van der Waals surface area contributed by atoms with Crippen molar-refractivity contribution in [2.24, 2.45) is 17.8 Å². The smallest absolute Gasteiger partial charge is 0.405 e. The van der Waals surface area contributed by atoms with Gasteiger partial charge in [-0.2, -0.15) is 0 Å². The molecule has 186 valence electrons. The highest BCUT2D eigenvalue weighted by Gasteiger charge is 2.34. The van der Waals surface area contributed by atoms with Crippen molar-refractivity contribution in [3.8, 4) is 16.9 Å². The van der Waals surface area contributed by atoms with Gasteiger partial charge in [-0.1, -0.05) is 87.9 Å². The Kier molecular flexibility index (Phi) is 8.60. The number of rotatable bonds is 8. The van der Waals surface area contributed by atoms with Gasteiger partial charge in [0.25, 0.3) is 0 Å². The van der Waals surface area contributed by atoms with Gasteiger partial charge in [-0.3, -0.25) is 0 Å². The summed E-state index contributed by atoms with van der Waals surface area (Å²) in [7, 11) is 0. The number of alkyl halides is 3. The Balaban J connectivity index is 1.36. The highest BCUT2D eigenvalue weighted by atomic mass is 19.4. The van der Waals surface area contributed by atoms with Crippen molar-refractivity contribution in [3.05, 3.63) is 54.1 Å². The predicted octanol–water partition coefficient (Wildman–Crippen LogP) is 9.91. The minimum atomic E-state index is -4.70. The fourth-order valence-electron chi connectivity index (χ4n) is 6.41. The topological polar surface area (TPSA) is 9.23 Å². The first-order chi connectivity index (χ1) is 16.4. The van der Waals surface area contributed by atoms with Crippen LogP contribution in [0.15, 0.2) is 48.5 Å². The van der Waals surface area contributed by atoms with Crippen molar-refractivity contribution < 1.29 is 17.9 Å². The van der Waals surface area contributed by atoms with Gasteiger partial charge in [-0.25, -0.2) is 0 Å². The first-order valence-electron chi connectivity index (χ1n) is 13.4. The molecule has 1 nitrogen and oxygen atoms in total. The molecule has 0 spiro atoms. The Hall–Kier alpha value is -1.97. The molecule has 0 N–H and O–H groups in total. The fourth-order valence-corrected chi connectivity index (χ4v) is 6.41. The molecule has 0 radical (unpaired) electrons. The van der Waals surface area contributed by atoms with Crippen LogP contribution in [0.4, 0.5) is 13.2 Å². The lowest BCUT2D eigenvalue weighted by Crippen LogP contribution is -2.25. The van der Waals surface area contributed by atoms with E-state index in [0.717, 1.165) is 41.7 Å². The van der Waals surface area contributed by atoms with E-state index in [1.54, 1.807) is 12.1 Å². The summed E-state index contributed by atoms with van der Waals surface area (Å²) in [5.41, 5.74) is 2.21. The molecule has 2 aliphatic carbocycles. The maximum absolute atomic E-state index is 13.2. The molecule has 0 saturated heterocycles. The van der Waals surface area contributed by atoms with Crippen LogP contribution >= 0.6 is 0 Å². The van der Waals surface area contributed by atoms with Crippen molar-refractivity contribution in [3.63, 3.8) is 0 Å². The third kappa shape index (κ3) is 6.79. The lowest BCUT2D eigenvalue weighted by atomic mass is 9.68. The normalized spacial score (nSPS) is 25.8. The Morgan fingerprint density at radius 3 is 2.06 bits per heavy atom. The average molecular weight is 473 g/mol. The fraction of sp³-hybridized carbons (Fsp3) is 0.600. The zero-order valence-corrected chi connectivity index (χ0v) is 20.5. The number of ether oxygens (including phenoxy) is 1. The molecule has 4 heteroatoms. The Morgan fingerprint density at radius 1 is 0.794 bits per heavy atom. The Bertz CT molecular complexity index is 876. The van der Waals surface area contributed by atoms with Gasteiger partial charge in [0.05, 0.1) is 0 Å². The lowest BCUT2D eigenvalue weighted by molar-refractivity contribution is -0.274. The molecule has 34 heavy (non-hydrogen) atoms. The summed E-state index contributed by atoms with van der Waals surface area (Å²) in [6.45, 7) is 2.27. The summed E-state index contributed by atoms with van der Waals surface area (Å²) in [4.78, 5) is 0. The third-order valence-corrected chi connectivity index (χ3v) is 8.33. The predicted molar refractivity (Wildman–Crippen MR) is 133 cm³/mol. The molecular formula is C30H39F3O. The van der Waals surface area contributed by atoms with Gasteiger partial charge in [0.15, 0.2) is 0 Å². The van der Waals surface area contributed by atoms with Crippen LogP contribution in [0.2, 0.25) is 0 Å². The van der Waals surface area contributed by atoms with E-state index in [2.05, 4.69) is 11.7 Å². The van der Waals surface area contributed by atoms with Crippen LogP contribution in [0.25, 0.3) is 11.1 Å². The monoisotopic (exact) mass is 472 g/mol. The van der Waals surface area contributed by atoms with Crippen LogP contribution in [0.3, 0.4) is 0 Å². The van der Waals surface area contributed by atoms with E-state index in [0.29, 0.717) is 11.5 Å². The first-order valence-corrected chi connectivity index (χ1v) is 13.4. The van der Waals surface area contributed by atoms with Crippen molar-refractivity contribution >= 4 is 0 Å². The van der Waals surface area contributed by atoms with Crippen LogP contribution in [-0.4, -0.2) is 6.36 Å². The van der Waals surface area contributed by atoms with Crippen molar-refractivity contribution in [1.82, 2.24) is 0 Å². The Labute approximate surface area is 203 Å². The van der Waals surface area contributed by atoms with Crippen LogP contribution in [-0.2, 0) is 0 Å². The van der Waals surface area contributed by atoms with Gasteiger partial charge < -0.3 is 4.74 Å². The first kappa shape index (κ1) is 25.1. The summed E-state index contributed by atoms with van der Waals surface area (Å²) in [6, 6.07) is 14.6. The van der Waals surface area contributed by atoms with E-state index >= 15 is 0 Å². The van der Waals surface area contributed by atoms with Crippen LogP contribution in [0, 0.1) is 17.8 Å². The SMILES string of the molecule is CCCCCC1CCC(C2CCC(c3ccc(-c4ccccc4)c(OC(F)(F)F)c3)CC2)CC1. The van der Waals surface area contributed by atoms with E-state index in [1.165, 1.54) is 64.2 Å². The van der Waals surface area contributed by atoms with Crippen LogP contribution < -0.4 is 4.74 Å². The number of halogens is 3. The highest BCUT2D eigenvalue weighted by molar-refractivity contribution is 5.71. The van der Waals surface area contributed by atoms with E-state index < -0.39 is 6.36 Å². The lowest BCUT2D eigenvalue weighted by Gasteiger charge is -2.38. The second kappa shape index (κ2) is 11.6. The summed E-state index contributed by atoms with van der Waals surface area (Å²) >= 11 is 0. The number of unbranched alkanes of at least 4 members (excludes halogenated alkanes) is 2. The molecule has 0 bridgehead atoms. The highest BCUT2D eigenvalue weighted by Crippen LogP contribution is 2.46. The second-order valence-corrected chi connectivity index (χ2v) is 10.6. The van der Waals surface area contributed by atoms with Gasteiger partial charge in [0.2, 0.25) is 0 Å². The maximum atomic E-state index is 13.2. The molecule has 2 fully saturated rings. The molecule has 0 heterocycles. The van der Waals surface area contributed by atoms with E-state index in [-0.39, 0.29) is 5.75 Å². The third-order valence-electron chi connectivity index (χ3n) is 8.33. The number of hydrogen-bond acceptors (Lipinski definition) is 1. The van der Waals surface area contributed by atoms with Gasteiger partial charge >= 0.3 is 6.36 Å². The average Bonchev–Trinajstić information content (AvgIpc) is 2.84. The standard InChI is InChI=1S/C30H39F3O/c1-2-3-5-8-22-11-13-23(14-12-22)24-15-17-25(18-16-24)27-19-20-28(26-9-6-4-7-10-26)29(21-27)34-30(31,32)33/h4,6-7,9-10,19-25H,2-3,5,8,11-18H2,1H3. The van der Waals surface area contributed by atoms with E-state index in [9.17, 15) is 13.2 Å². The maximum Gasteiger partial charge on any atom is 0.573 e. The Morgan fingerprint density at radius 2 is 1.44 bits per heavy atom. The summed E-state index contributed by atoms with van der Waals surface area (Å²) in [6.07, 6.45) is 10.9. The van der Waals surface area contributed by atoms with Crippen molar-refractivity contribution in [2.45, 2.75) is 96.3 Å². The zero-order valence-electron chi connectivity index (χ0n) is 20.5. The van der Waals surface area contributed by atoms with Gasteiger partial charge in [-0.15, -0.1) is 13.2 Å². The van der Waals surface area contributed by atoms with Gasteiger partial charge in [0, 0.05) is 5.56 Å². The summed E-state index contributed by atoms with van der Waals surface area (Å²) < 4.78 is 44.0. The van der Waals surface area contributed by atoms with Crippen LogP contribution in [0.1, 0.15) is 95.5 Å². The molecule has 0 aliphatic heterocycles. The molecule has 0 unspecified atom stereocenters. The molecule has 0 atom stereocenters. The molecule has 2 aromatic carbocycles. The molecule has 2 aliphatic rings. The zero-order chi connectivity index (χ0) is 24.0.